The van der Waals surface area contributed by atoms with Crippen LogP contribution in [0.3, 0.4) is 0 Å². The summed E-state index contributed by atoms with van der Waals surface area (Å²) in [4.78, 5) is 37.9. The van der Waals surface area contributed by atoms with Gasteiger partial charge in [-0.25, -0.2) is 0 Å². The number of carboxylic acid groups (broad SMARTS) is 1. The zero-order valence-corrected chi connectivity index (χ0v) is 13.0. The number of unbranched alkanes of at least 4 members (excludes halogenated alkanes) is 1. The minimum atomic E-state index is -0.820. The molecule has 0 radical (unpaired) electrons. The first-order valence-electron chi connectivity index (χ1n) is 7.67. The van der Waals surface area contributed by atoms with E-state index in [1.54, 1.807) is 4.90 Å². The second-order valence-electron chi connectivity index (χ2n) is 5.96. The van der Waals surface area contributed by atoms with Gasteiger partial charge in [0.25, 0.3) is 0 Å². The van der Waals surface area contributed by atoms with Crippen LogP contribution in [0.5, 0.6) is 0 Å². The maximum atomic E-state index is 12.0. The summed E-state index contributed by atoms with van der Waals surface area (Å²) in [6.45, 7) is 6.42. The first-order chi connectivity index (χ1) is 9.90. The minimum Gasteiger partial charge on any atom is -0.481 e. The number of nitrogens with zero attached hydrogens (tertiary/aromatic N) is 2. The van der Waals surface area contributed by atoms with E-state index in [1.165, 1.54) is 0 Å². The highest BCUT2D eigenvalue weighted by Gasteiger charge is 2.23. The molecule has 0 unspecified atom stereocenters. The van der Waals surface area contributed by atoms with E-state index in [4.69, 9.17) is 5.11 Å². The Morgan fingerprint density at radius 2 is 1.38 bits per heavy atom. The number of rotatable bonds is 7. The number of carboxylic acids is 1. The molecule has 0 aliphatic carbocycles. The Labute approximate surface area is 126 Å². The van der Waals surface area contributed by atoms with Gasteiger partial charge >= 0.3 is 5.97 Å². The van der Waals surface area contributed by atoms with Gasteiger partial charge in [-0.3, -0.25) is 14.4 Å². The molecule has 1 aliphatic heterocycles. The normalized spacial score (nSPS) is 15.4. The van der Waals surface area contributed by atoms with Crippen LogP contribution in [0, 0.1) is 5.92 Å². The average Bonchev–Trinajstić information content (AvgIpc) is 2.42. The number of carbonyl (C=O) groups is 3. The highest BCUT2D eigenvalue weighted by Crippen LogP contribution is 2.10. The van der Waals surface area contributed by atoms with Crippen LogP contribution in [0.1, 0.15) is 46.0 Å². The summed E-state index contributed by atoms with van der Waals surface area (Å²) < 4.78 is 0. The quantitative estimate of drug-likeness (QED) is 0.720. The lowest BCUT2D eigenvalue weighted by atomic mass is 10.1. The number of carbonyl (C=O) groups excluding carboxylic acids is 2. The van der Waals surface area contributed by atoms with Crippen molar-refractivity contribution in [3.05, 3.63) is 0 Å². The molecule has 6 nitrogen and oxygen atoms in total. The van der Waals surface area contributed by atoms with Crippen LogP contribution in [-0.4, -0.2) is 58.9 Å². The largest absolute Gasteiger partial charge is 0.481 e. The summed E-state index contributed by atoms with van der Waals surface area (Å²) in [5.41, 5.74) is 0. The lowest BCUT2D eigenvalue weighted by Gasteiger charge is -2.35. The Hall–Kier alpha value is -1.59. The Morgan fingerprint density at radius 3 is 1.86 bits per heavy atom. The van der Waals surface area contributed by atoms with E-state index in [2.05, 4.69) is 0 Å². The Bertz CT molecular complexity index is 374. The topological polar surface area (TPSA) is 77.9 Å². The lowest BCUT2D eigenvalue weighted by Crippen LogP contribution is -2.50. The molecule has 1 rings (SSSR count). The molecule has 1 heterocycles. The molecule has 6 heteroatoms. The smallest absolute Gasteiger partial charge is 0.303 e. The van der Waals surface area contributed by atoms with E-state index in [-0.39, 0.29) is 18.2 Å². The summed E-state index contributed by atoms with van der Waals surface area (Å²) in [6.07, 6.45) is 2.21. The van der Waals surface area contributed by atoms with E-state index in [9.17, 15) is 14.4 Å². The zero-order chi connectivity index (χ0) is 15.8. The molecule has 21 heavy (non-hydrogen) atoms. The van der Waals surface area contributed by atoms with Crippen molar-refractivity contribution in [2.75, 3.05) is 26.2 Å². The van der Waals surface area contributed by atoms with Crippen molar-refractivity contribution in [2.24, 2.45) is 5.92 Å². The van der Waals surface area contributed by atoms with Gasteiger partial charge in [0.05, 0.1) is 0 Å². The molecular weight excluding hydrogens is 272 g/mol. The van der Waals surface area contributed by atoms with E-state index in [1.807, 2.05) is 18.7 Å². The number of hydrogen-bond acceptors (Lipinski definition) is 3. The lowest BCUT2D eigenvalue weighted by molar-refractivity contribution is -0.140. The van der Waals surface area contributed by atoms with Gasteiger partial charge in [0.2, 0.25) is 11.8 Å². The van der Waals surface area contributed by atoms with Crippen molar-refractivity contribution < 1.29 is 19.5 Å². The van der Waals surface area contributed by atoms with Crippen LogP contribution < -0.4 is 0 Å². The molecule has 0 aromatic rings. The van der Waals surface area contributed by atoms with Crippen molar-refractivity contribution in [1.82, 2.24) is 9.80 Å². The molecule has 0 spiro atoms. The molecule has 1 saturated heterocycles. The summed E-state index contributed by atoms with van der Waals surface area (Å²) in [5.74, 6) is -0.235. The van der Waals surface area contributed by atoms with Crippen LogP contribution >= 0.6 is 0 Å². The minimum absolute atomic E-state index is 0.0661. The average molecular weight is 298 g/mol. The summed E-state index contributed by atoms with van der Waals surface area (Å²) in [5, 5.41) is 8.54. The Kier molecular flexibility index (Phi) is 7.19. The number of hydrogen-bond donors (Lipinski definition) is 1. The SMILES string of the molecule is CC(C)CC(=O)N1CCN(C(=O)CCCCC(=O)O)CC1. The van der Waals surface area contributed by atoms with Crippen LogP contribution in [0.4, 0.5) is 0 Å². The fourth-order valence-corrected chi connectivity index (χ4v) is 2.39. The third kappa shape index (κ3) is 6.60. The number of amides is 2. The molecule has 1 aliphatic rings. The van der Waals surface area contributed by atoms with Crippen molar-refractivity contribution in [3.63, 3.8) is 0 Å². The molecule has 0 bridgehead atoms. The molecule has 120 valence electrons. The van der Waals surface area contributed by atoms with Crippen LogP contribution in [0.15, 0.2) is 0 Å². The molecule has 0 saturated carbocycles. The molecule has 0 atom stereocenters. The first-order valence-corrected chi connectivity index (χ1v) is 7.67. The van der Waals surface area contributed by atoms with Gasteiger partial charge in [0.1, 0.15) is 0 Å². The summed E-state index contributed by atoms with van der Waals surface area (Å²) in [7, 11) is 0. The van der Waals surface area contributed by atoms with E-state index >= 15 is 0 Å². The third-order valence-electron chi connectivity index (χ3n) is 3.60. The molecule has 1 N–H and O–H groups in total. The van der Waals surface area contributed by atoms with Crippen molar-refractivity contribution in [2.45, 2.75) is 46.0 Å². The van der Waals surface area contributed by atoms with Crippen molar-refractivity contribution in [1.29, 1.82) is 0 Å². The monoisotopic (exact) mass is 298 g/mol. The van der Waals surface area contributed by atoms with E-state index in [0.717, 1.165) is 0 Å². The van der Waals surface area contributed by atoms with Gasteiger partial charge in [-0.1, -0.05) is 13.8 Å². The van der Waals surface area contributed by atoms with E-state index < -0.39 is 5.97 Å². The van der Waals surface area contributed by atoms with Crippen LogP contribution in [0.25, 0.3) is 0 Å². The highest BCUT2D eigenvalue weighted by atomic mass is 16.4. The number of piperazine rings is 1. The van der Waals surface area contributed by atoms with Gasteiger partial charge in [0, 0.05) is 45.4 Å². The first kappa shape index (κ1) is 17.5. The summed E-state index contributed by atoms with van der Waals surface area (Å²) in [6, 6.07) is 0. The van der Waals surface area contributed by atoms with Gasteiger partial charge in [-0.05, 0) is 18.8 Å². The molecule has 1 fully saturated rings. The van der Waals surface area contributed by atoms with Gasteiger partial charge in [-0.2, -0.15) is 0 Å². The maximum Gasteiger partial charge on any atom is 0.303 e. The van der Waals surface area contributed by atoms with Crippen LogP contribution in [-0.2, 0) is 14.4 Å². The molecule has 0 aromatic carbocycles. The third-order valence-corrected chi connectivity index (χ3v) is 3.60. The molecular formula is C15H26N2O4. The predicted octanol–water partition coefficient (Wildman–Crippen LogP) is 1.35. The maximum absolute atomic E-state index is 12.0. The Balaban J connectivity index is 2.24. The standard InChI is InChI=1S/C15H26N2O4/c1-12(2)11-14(19)17-9-7-16(8-10-17)13(18)5-3-4-6-15(20)21/h12H,3-11H2,1-2H3,(H,20,21). The highest BCUT2D eigenvalue weighted by molar-refractivity contribution is 5.78. The second-order valence-corrected chi connectivity index (χ2v) is 5.96. The second kappa shape index (κ2) is 8.64. The fraction of sp³-hybridized carbons (Fsp3) is 0.800. The van der Waals surface area contributed by atoms with E-state index in [0.29, 0.717) is 57.8 Å². The fourth-order valence-electron chi connectivity index (χ4n) is 2.39. The van der Waals surface area contributed by atoms with Gasteiger partial charge in [0.15, 0.2) is 0 Å². The zero-order valence-electron chi connectivity index (χ0n) is 13.0. The summed E-state index contributed by atoms with van der Waals surface area (Å²) >= 11 is 0. The Morgan fingerprint density at radius 1 is 0.905 bits per heavy atom. The predicted molar refractivity (Wildman–Crippen MR) is 78.7 cm³/mol. The van der Waals surface area contributed by atoms with Crippen molar-refractivity contribution in [3.8, 4) is 0 Å². The molecule has 2 amide bonds. The van der Waals surface area contributed by atoms with Crippen molar-refractivity contribution >= 4 is 17.8 Å². The van der Waals surface area contributed by atoms with Crippen LogP contribution in [0.2, 0.25) is 0 Å². The van der Waals surface area contributed by atoms with Gasteiger partial charge < -0.3 is 14.9 Å². The number of aliphatic carboxylic acids is 1. The molecule has 0 aromatic heterocycles. The van der Waals surface area contributed by atoms with Gasteiger partial charge in [-0.15, -0.1) is 0 Å².